The first-order valence-electron chi connectivity index (χ1n) is 8.09. The fourth-order valence-corrected chi connectivity index (χ4v) is 2.71. The topological polar surface area (TPSA) is 108 Å². The van der Waals surface area contributed by atoms with Crippen molar-refractivity contribution in [1.29, 1.82) is 0 Å². The van der Waals surface area contributed by atoms with E-state index < -0.39 is 4.92 Å². The van der Waals surface area contributed by atoms with Crippen LogP contribution in [0.25, 0.3) is 0 Å². The number of carbonyl (C=O) groups excluding carboxylic acids is 1. The van der Waals surface area contributed by atoms with Crippen LogP contribution in [0.1, 0.15) is 17.0 Å². The molecule has 1 N–H and O–H groups in total. The minimum atomic E-state index is -0.529. The SMILES string of the molecule is Cc1cc(NC(=O)Cn2ncc([N+](=O)[O-])c2C)nn1Cc1ccc(Cl)cc1. The predicted octanol–water partition coefficient (Wildman–Crippen LogP) is 2.95. The number of nitro groups is 1. The van der Waals surface area contributed by atoms with Gasteiger partial charge in [-0.05, 0) is 31.5 Å². The Kier molecular flexibility index (Phi) is 5.22. The first kappa shape index (κ1) is 18.6. The van der Waals surface area contributed by atoms with Crippen LogP contribution in [0.15, 0.2) is 36.5 Å². The second kappa shape index (κ2) is 7.58. The Morgan fingerprint density at radius 1 is 1.26 bits per heavy atom. The Labute approximate surface area is 159 Å². The molecule has 0 aliphatic heterocycles. The first-order valence-corrected chi connectivity index (χ1v) is 8.47. The lowest BCUT2D eigenvalue weighted by Gasteiger charge is -2.05. The molecule has 140 valence electrons. The van der Waals surface area contributed by atoms with Gasteiger partial charge in [-0.2, -0.15) is 10.2 Å². The summed E-state index contributed by atoms with van der Waals surface area (Å²) in [7, 11) is 0. The number of amides is 1. The summed E-state index contributed by atoms with van der Waals surface area (Å²) in [4.78, 5) is 22.5. The molecule has 0 saturated heterocycles. The molecular weight excluding hydrogens is 372 g/mol. The highest BCUT2D eigenvalue weighted by Gasteiger charge is 2.18. The van der Waals surface area contributed by atoms with Gasteiger partial charge in [0.25, 0.3) is 0 Å². The zero-order chi connectivity index (χ0) is 19.6. The Morgan fingerprint density at radius 2 is 1.96 bits per heavy atom. The number of halogens is 1. The number of carbonyl (C=O) groups is 1. The van der Waals surface area contributed by atoms with Gasteiger partial charge in [-0.3, -0.25) is 24.3 Å². The van der Waals surface area contributed by atoms with Gasteiger partial charge in [-0.15, -0.1) is 0 Å². The summed E-state index contributed by atoms with van der Waals surface area (Å²) in [6.07, 6.45) is 1.13. The maximum atomic E-state index is 12.2. The third-order valence-electron chi connectivity index (χ3n) is 4.06. The maximum absolute atomic E-state index is 12.2. The molecule has 0 aliphatic carbocycles. The smallest absolute Gasteiger partial charge is 0.308 e. The van der Waals surface area contributed by atoms with Crippen molar-refractivity contribution in [3.63, 3.8) is 0 Å². The van der Waals surface area contributed by atoms with Crippen molar-refractivity contribution >= 4 is 29.0 Å². The summed E-state index contributed by atoms with van der Waals surface area (Å²) in [6.45, 7) is 3.84. The molecule has 0 fully saturated rings. The number of nitrogens with one attached hydrogen (secondary N) is 1. The Hall–Kier alpha value is -3.20. The van der Waals surface area contributed by atoms with Gasteiger partial charge in [0.2, 0.25) is 5.91 Å². The summed E-state index contributed by atoms with van der Waals surface area (Å²) in [5, 5.41) is 22.5. The molecular formula is C17H17ClN6O3. The van der Waals surface area contributed by atoms with Crippen LogP contribution >= 0.6 is 11.6 Å². The Morgan fingerprint density at radius 3 is 2.59 bits per heavy atom. The van der Waals surface area contributed by atoms with E-state index in [4.69, 9.17) is 11.6 Å². The zero-order valence-electron chi connectivity index (χ0n) is 14.7. The van der Waals surface area contributed by atoms with Crippen molar-refractivity contribution in [2.24, 2.45) is 0 Å². The zero-order valence-corrected chi connectivity index (χ0v) is 15.5. The van der Waals surface area contributed by atoms with E-state index in [1.807, 2.05) is 31.2 Å². The van der Waals surface area contributed by atoms with Gasteiger partial charge in [0.15, 0.2) is 5.82 Å². The van der Waals surface area contributed by atoms with Crippen LogP contribution < -0.4 is 5.32 Å². The molecule has 0 atom stereocenters. The molecule has 0 radical (unpaired) electrons. The number of aryl methyl sites for hydroxylation is 1. The van der Waals surface area contributed by atoms with E-state index in [9.17, 15) is 14.9 Å². The minimum absolute atomic E-state index is 0.120. The van der Waals surface area contributed by atoms with Crippen LogP contribution in [0.3, 0.4) is 0 Å². The Balaban J connectivity index is 1.66. The van der Waals surface area contributed by atoms with Crippen molar-refractivity contribution in [3.8, 4) is 0 Å². The third-order valence-corrected chi connectivity index (χ3v) is 4.31. The van der Waals surface area contributed by atoms with E-state index in [2.05, 4.69) is 15.5 Å². The molecule has 0 spiro atoms. The van der Waals surface area contributed by atoms with E-state index in [1.54, 1.807) is 17.7 Å². The Bertz CT molecular complexity index is 993. The average molecular weight is 389 g/mol. The minimum Gasteiger partial charge on any atom is -0.308 e. The molecule has 3 aromatic rings. The van der Waals surface area contributed by atoms with Gasteiger partial charge in [-0.1, -0.05) is 23.7 Å². The molecule has 1 aromatic carbocycles. The van der Waals surface area contributed by atoms with Crippen LogP contribution in [0.2, 0.25) is 5.02 Å². The first-order chi connectivity index (χ1) is 12.8. The highest BCUT2D eigenvalue weighted by Crippen LogP contribution is 2.17. The maximum Gasteiger partial charge on any atom is 0.309 e. The third kappa shape index (κ3) is 4.32. The fourth-order valence-electron chi connectivity index (χ4n) is 2.59. The number of rotatable bonds is 6. The lowest BCUT2D eigenvalue weighted by Crippen LogP contribution is -2.20. The second-order valence-electron chi connectivity index (χ2n) is 6.03. The van der Waals surface area contributed by atoms with Crippen LogP contribution in [0.5, 0.6) is 0 Å². The molecule has 1 amide bonds. The molecule has 10 heteroatoms. The van der Waals surface area contributed by atoms with E-state index >= 15 is 0 Å². The fraction of sp³-hybridized carbons (Fsp3) is 0.235. The predicted molar refractivity (Wildman–Crippen MR) is 99.8 cm³/mol. The van der Waals surface area contributed by atoms with E-state index in [0.717, 1.165) is 17.5 Å². The lowest BCUT2D eigenvalue weighted by molar-refractivity contribution is -0.385. The van der Waals surface area contributed by atoms with Gasteiger partial charge in [-0.25, -0.2) is 0 Å². The van der Waals surface area contributed by atoms with Crippen LogP contribution in [-0.4, -0.2) is 30.4 Å². The number of anilines is 1. The monoisotopic (exact) mass is 388 g/mol. The quantitative estimate of drug-likeness (QED) is 0.516. The number of nitrogens with zero attached hydrogens (tertiary/aromatic N) is 5. The summed E-state index contributed by atoms with van der Waals surface area (Å²) < 4.78 is 3.05. The normalized spacial score (nSPS) is 10.8. The van der Waals surface area contributed by atoms with E-state index in [-0.39, 0.29) is 18.1 Å². The largest absolute Gasteiger partial charge is 0.309 e. The van der Waals surface area contributed by atoms with Crippen LogP contribution in [0.4, 0.5) is 11.5 Å². The summed E-state index contributed by atoms with van der Waals surface area (Å²) >= 11 is 5.89. The van der Waals surface area contributed by atoms with Gasteiger partial charge in [0.05, 0.1) is 11.5 Å². The summed E-state index contributed by atoms with van der Waals surface area (Å²) in [5.74, 6) is 0.0398. The summed E-state index contributed by atoms with van der Waals surface area (Å²) in [6, 6.07) is 9.20. The lowest BCUT2D eigenvalue weighted by atomic mass is 10.2. The van der Waals surface area contributed by atoms with Gasteiger partial charge < -0.3 is 5.32 Å². The molecule has 0 bridgehead atoms. The second-order valence-corrected chi connectivity index (χ2v) is 6.47. The van der Waals surface area contributed by atoms with Crippen molar-refractivity contribution in [2.75, 3.05) is 5.32 Å². The molecule has 27 heavy (non-hydrogen) atoms. The van der Waals surface area contributed by atoms with Gasteiger partial charge in [0, 0.05) is 16.8 Å². The van der Waals surface area contributed by atoms with E-state index in [1.165, 1.54) is 4.68 Å². The van der Waals surface area contributed by atoms with Crippen molar-refractivity contribution in [1.82, 2.24) is 19.6 Å². The molecule has 2 heterocycles. The standard InChI is InChI=1S/C17H17ClN6O3/c1-11-7-16(21-22(11)9-13-3-5-14(18)6-4-13)20-17(25)10-23-12(2)15(8-19-23)24(26)27/h3-8H,9-10H2,1-2H3,(H,20,21,25). The number of benzene rings is 1. The number of hydrogen-bond acceptors (Lipinski definition) is 5. The van der Waals surface area contributed by atoms with E-state index in [0.29, 0.717) is 23.1 Å². The highest BCUT2D eigenvalue weighted by molar-refractivity contribution is 6.30. The summed E-state index contributed by atoms with van der Waals surface area (Å²) in [5.41, 5.74) is 2.11. The van der Waals surface area contributed by atoms with Gasteiger partial charge >= 0.3 is 5.69 Å². The highest BCUT2D eigenvalue weighted by atomic mass is 35.5. The molecule has 0 aliphatic rings. The molecule has 2 aromatic heterocycles. The molecule has 0 saturated carbocycles. The molecule has 0 unspecified atom stereocenters. The number of hydrogen-bond donors (Lipinski definition) is 1. The molecule has 3 rings (SSSR count). The van der Waals surface area contributed by atoms with Crippen LogP contribution in [0, 0.1) is 24.0 Å². The number of aromatic nitrogens is 4. The van der Waals surface area contributed by atoms with Crippen LogP contribution in [-0.2, 0) is 17.9 Å². The molecule has 9 nitrogen and oxygen atoms in total. The van der Waals surface area contributed by atoms with Gasteiger partial charge in [0.1, 0.15) is 18.4 Å². The van der Waals surface area contributed by atoms with Crippen molar-refractivity contribution < 1.29 is 9.72 Å². The average Bonchev–Trinajstić information content (AvgIpc) is 3.13. The van der Waals surface area contributed by atoms with Crippen molar-refractivity contribution in [2.45, 2.75) is 26.9 Å². The van der Waals surface area contributed by atoms with Crippen molar-refractivity contribution in [3.05, 3.63) is 68.6 Å².